The van der Waals surface area contributed by atoms with Crippen LogP contribution >= 0.6 is 7.60 Å². The van der Waals surface area contributed by atoms with Crippen LogP contribution in [0.5, 0.6) is 0 Å². The van der Waals surface area contributed by atoms with Crippen molar-refractivity contribution in [1.29, 1.82) is 0 Å². The molecule has 2 N–H and O–H groups in total. The van der Waals surface area contributed by atoms with Gasteiger partial charge in [0.25, 0.3) is 0 Å². The van der Waals surface area contributed by atoms with Crippen LogP contribution in [-0.4, -0.2) is 42.1 Å². The second-order valence-corrected chi connectivity index (χ2v) is 4.73. The number of aliphatic hydroxyl groups is 1. The van der Waals surface area contributed by atoms with Gasteiger partial charge in [-0.1, -0.05) is 0 Å². The Morgan fingerprint density at radius 2 is 2.42 bits per heavy atom. The van der Waals surface area contributed by atoms with E-state index in [2.05, 4.69) is 4.52 Å². The molecule has 0 aromatic carbocycles. The third-order valence-electron chi connectivity index (χ3n) is 1.65. The van der Waals surface area contributed by atoms with E-state index in [0.717, 1.165) is 6.66 Å². The first-order valence-electron chi connectivity index (χ1n) is 3.73. The van der Waals surface area contributed by atoms with Gasteiger partial charge in [0, 0.05) is 13.3 Å². The van der Waals surface area contributed by atoms with E-state index in [-0.39, 0.29) is 6.61 Å². The van der Waals surface area contributed by atoms with Crippen molar-refractivity contribution >= 4 is 7.60 Å². The maximum Gasteiger partial charge on any atom is 0.325 e. The molecule has 0 radical (unpaired) electrons. The summed E-state index contributed by atoms with van der Waals surface area (Å²) >= 11 is 0. The molecule has 1 saturated heterocycles. The molecule has 0 saturated carbocycles. The van der Waals surface area contributed by atoms with Gasteiger partial charge in [-0.3, -0.25) is 4.57 Å². The minimum absolute atomic E-state index is 0.0224. The standard InChI is InChI=1S/C6H13O5P/c1-12(8,9)11-4-6-5(7)2-3-10-6/h5-7H,2-4H2,1H3,(H,8,9). The molecular formula is C6H13O5P. The van der Waals surface area contributed by atoms with Crippen molar-refractivity contribution in [3.8, 4) is 0 Å². The Balaban J connectivity index is 2.27. The molecule has 0 aliphatic carbocycles. The zero-order valence-corrected chi connectivity index (χ0v) is 7.74. The summed E-state index contributed by atoms with van der Waals surface area (Å²) in [5, 5.41) is 9.21. The fourth-order valence-electron chi connectivity index (χ4n) is 1.01. The summed E-state index contributed by atoms with van der Waals surface area (Å²) in [5.41, 5.74) is 0. The zero-order valence-electron chi connectivity index (χ0n) is 6.84. The van der Waals surface area contributed by atoms with Gasteiger partial charge in [-0.05, 0) is 6.42 Å². The molecule has 0 aromatic heterocycles. The first kappa shape index (κ1) is 10.2. The Hall–Kier alpha value is 0.0700. The second-order valence-electron chi connectivity index (χ2n) is 2.86. The average molecular weight is 196 g/mol. The lowest BCUT2D eigenvalue weighted by Crippen LogP contribution is -2.25. The van der Waals surface area contributed by atoms with E-state index in [1.165, 1.54) is 0 Å². The van der Waals surface area contributed by atoms with Gasteiger partial charge < -0.3 is 19.3 Å². The minimum Gasteiger partial charge on any atom is -0.390 e. The van der Waals surface area contributed by atoms with E-state index in [1.54, 1.807) is 0 Å². The van der Waals surface area contributed by atoms with Crippen molar-refractivity contribution in [2.75, 3.05) is 19.9 Å². The summed E-state index contributed by atoms with van der Waals surface area (Å²) in [5.74, 6) is 0. The van der Waals surface area contributed by atoms with Gasteiger partial charge in [-0.2, -0.15) is 0 Å². The predicted molar refractivity (Wildman–Crippen MR) is 42.1 cm³/mol. The Bertz CT molecular complexity index is 188. The fraction of sp³-hybridized carbons (Fsp3) is 1.00. The minimum atomic E-state index is -3.44. The molecule has 3 atom stereocenters. The summed E-state index contributed by atoms with van der Waals surface area (Å²) in [6, 6.07) is 0. The summed E-state index contributed by atoms with van der Waals surface area (Å²) < 4.78 is 20.3. The highest BCUT2D eigenvalue weighted by Crippen LogP contribution is 2.37. The fourth-order valence-corrected chi connectivity index (χ4v) is 1.43. The molecule has 12 heavy (non-hydrogen) atoms. The molecule has 1 aliphatic rings. The Labute approximate surface area is 70.8 Å². The van der Waals surface area contributed by atoms with Crippen LogP contribution < -0.4 is 0 Å². The van der Waals surface area contributed by atoms with Crippen LogP contribution in [0.15, 0.2) is 0 Å². The molecule has 0 bridgehead atoms. The lowest BCUT2D eigenvalue weighted by Gasteiger charge is -2.14. The summed E-state index contributed by atoms with van der Waals surface area (Å²) in [6.07, 6.45) is -0.463. The van der Waals surface area contributed by atoms with Gasteiger partial charge in [-0.25, -0.2) is 0 Å². The van der Waals surface area contributed by atoms with E-state index >= 15 is 0 Å². The number of rotatable bonds is 3. The molecule has 72 valence electrons. The highest BCUT2D eigenvalue weighted by molar-refractivity contribution is 7.51. The van der Waals surface area contributed by atoms with Crippen molar-refractivity contribution in [3.05, 3.63) is 0 Å². The number of hydrogen-bond acceptors (Lipinski definition) is 4. The normalized spacial score (nSPS) is 34.9. The average Bonchev–Trinajstić information content (AvgIpc) is 2.29. The quantitative estimate of drug-likeness (QED) is 0.620. The number of aliphatic hydroxyl groups excluding tert-OH is 1. The zero-order chi connectivity index (χ0) is 9.19. The maximum atomic E-state index is 10.7. The van der Waals surface area contributed by atoms with Gasteiger partial charge in [0.2, 0.25) is 0 Å². The maximum absolute atomic E-state index is 10.7. The van der Waals surface area contributed by atoms with Gasteiger partial charge >= 0.3 is 7.60 Å². The molecule has 3 unspecified atom stereocenters. The van der Waals surface area contributed by atoms with Crippen molar-refractivity contribution in [2.45, 2.75) is 18.6 Å². The highest BCUT2D eigenvalue weighted by Gasteiger charge is 2.28. The van der Waals surface area contributed by atoms with Crippen LogP contribution in [0.1, 0.15) is 6.42 Å². The van der Waals surface area contributed by atoms with Crippen molar-refractivity contribution < 1.29 is 23.8 Å². The van der Waals surface area contributed by atoms with Crippen molar-refractivity contribution in [1.82, 2.24) is 0 Å². The Morgan fingerprint density at radius 3 is 2.83 bits per heavy atom. The van der Waals surface area contributed by atoms with Crippen molar-refractivity contribution in [2.24, 2.45) is 0 Å². The molecule has 0 amide bonds. The molecule has 5 nitrogen and oxygen atoms in total. The van der Waals surface area contributed by atoms with Crippen LogP contribution in [0.2, 0.25) is 0 Å². The van der Waals surface area contributed by atoms with Crippen LogP contribution in [0.25, 0.3) is 0 Å². The number of ether oxygens (including phenoxy) is 1. The largest absolute Gasteiger partial charge is 0.390 e. The first-order chi connectivity index (χ1) is 5.49. The summed E-state index contributed by atoms with van der Waals surface area (Å²) in [7, 11) is -3.44. The lowest BCUT2D eigenvalue weighted by atomic mass is 10.2. The van der Waals surface area contributed by atoms with E-state index in [9.17, 15) is 9.67 Å². The third kappa shape index (κ3) is 3.21. The van der Waals surface area contributed by atoms with Crippen LogP contribution in [0.4, 0.5) is 0 Å². The van der Waals surface area contributed by atoms with Crippen LogP contribution in [0, 0.1) is 0 Å². The molecule has 1 fully saturated rings. The third-order valence-corrected chi connectivity index (χ3v) is 2.28. The molecule has 6 heteroatoms. The molecular weight excluding hydrogens is 183 g/mol. The van der Waals surface area contributed by atoms with Crippen LogP contribution in [0.3, 0.4) is 0 Å². The first-order valence-corrected chi connectivity index (χ1v) is 5.76. The molecule has 1 heterocycles. The van der Waals surface area contributed by atoms with E-state index in [1.807, 2.05) is 0 Å². The molecule has 0 spiro atoms. The van der Waals surface area contributed by atoms with Crippen molar-refractivity contribution in [3.63, 3.8) is 0 Å². The van der Waals surface area contributed by atoms with Gasteiger partial charge in [0.15, 0.2) is 0 Å². The van der Waals surface area contributed by atoms with Crippen LogP contribution in [-0.2, 0) is 13.8 Å². The highest BCUT2D eigenvalue weighted by atomic mass is 31.2. The molecule has 1 rings (SSSR count). The summed E-state index contributed by atoms with van der Waals surface area (Å²) in [4.78, 5) is 8.76. The Kier molecular flexibility index (Phi) is 3.26. The molecule has 0 aromatic rings. The summed E-state index contributed by atoms with van der Waals surface area (Å²) in [6.45, 7) is 1.56. The second kappa shape index (κ2) is 3.85. The SMILES string of the molecule is CP(=O)(O)OCC1OCCC1O. The van der Waals surface area contributed by atoms with Gasteiger partial charge in [0.1, 0.15) is 6.10 Å². The number of hydrogen-bond donors (Lipinski definition) is 2. The van der Waals surface area contributed by atoms with E-state index < -0.39 is 19.8 Å². The monoisotopic (exact) mass is 196 g/mol. The topological polar surface area (TPSA) is 76.0 Å². The smallest absolute Gasteiger partial charge is 0.325 e. The van der Waals surface area contributed by atoms with Gasteiger partial charge in [0.05, 0.1) is 12.7 Å². The van der Waals surface area contributed by atoms with E-state index in [4.69, 9.17) is 9.63 Å². The van der Waals surface area contributed by atoms with Gasteiger partial charge in [-0.15, -0.1) is 0 Å². The lowest BCUT2D eigenvalue weighted by molar-refractivity contribution is 0.00885. The Morgan fingerprint density at radius 1 is 1.75 bits per heavy atom. The van der Waals surface area contributed by atoms with E-state index in [0.29, 0.717) is 13.0 Å². The molecule has 1 aliphatic heterocycles. The predicted octanol–water partition coefficient (Wildman–Crippen LogP) is -0.0320.